The molecule has 0 aromatic heterocycles. The van der Waals surface area contributed by atoms with E-state index in [2.05, 4.69) is 29.8 Å². The molecule has 2 aromatic rings. The molecule has 1 unspecified atom stereocenters. The van der Waals surface area contributed by atoms with Crippen molar-refractivity contribution in [1.29, 1.82) is 0 Å². The Kier molecular flexibility index (Phi) is 40.6. The molecule has 0 spiro atoms. The number of aromatic carboxylic acids is 1. The van der Waals surface area contributed by atoms with E-state index in [4.69, 9.17) is 51.0 Å². The average Bonchev–Trinajstić information content (AvgIpc) is 0.725. The van der Waals surface area contributed by atoms with Crippen molar-refractivity contribution in [2.75, 3.05) is 50.6 Å². The maximum Gasteiger partial charge on any atom is 1.00 e. The zero-order chi connectivity index (χ0) is 68.1. The molecule has 2 aliphatic rings. The van der Waals surface area contributed by atoms with Gasteiger partial charge in [0.25, 0.3) is 7.82 Å². The van der Waals surface area contributed by atoms with Crippen LogP contribution in [0.3, 0.4) is 0 Å². The smallest absolute Gasteiger partial charge is 0.756 e. The molecule has 29 heteroatoms. The van der Waals surface area contributed by atoms with E-state index >= 15 is 0 Å². The number of anilines is 2. The number of carbonyl (C=O) groups is 4. The second-order valence-corrected chi connectivity index (χ2v) is 27.9. The minimum Gasteiger partial charge on any atom is -0.756 e. The van der Waals surface area contributed by atoms with Crippen LogP contribution in [0.5, 0.6) is 0 Å². The molecule has 0 fully saturated rings. The monoisotopic (exact) mass is 1400 g/mol. The van der Waals surface area contributed by atoms with Crippen molar-refractivity contribution < 1.29 is 122 Å². The topological polar surface area (TPSA) is 387 Å². The maximum absolute atomic E-state index is 13.0. The van der Waals surface area contributed by atoms with Crippen LogP contribution >= 0.6 is 20.0 Å². The van der Waals surface area contributed by atoms with Gasteiger partial charge in [-0.15, -0.1) is 0 Å². The number of carbonyl (C=O) groups excluding carboxylic acids is 3. The molecule has 0 saturated heterocycles. The number of nitrogens with two attached hydrogens (primary N) is 2. The maximum atomic E-state index is 13.0. The van der Waals surface area contributed by atoms with Crippen molar-refractivity contribution in [2.45, 2.75) is 235 Å². The average molecular weight is 1400 g/mol. The number of carboxylic acid groups (broad SMARTS) is 1. The number of rotatable bonds is 50. The number of hydrogen-bond acceptors (Lipinski definition) is 19. The number of nitrogen functional groups attached to an aromatic ring is 1. The molecule has 2 atom stereocenters. The predicted molar refractivity (Wildman–Crippen MR) is 355 cm³/mol. The van der Waals surface area contributed by atoms with Crippen LogP contribution in [0.1, 0.15) is 230 Å². The Morgan fingerprint density at radius 3 is 1.65 bits per heavy atom. The van der Waals surface area contributed by atoms with E-state index in [1.165, 1.54) is 159 Å². The van der Waals surface area contributed by atoms with E-state index in [0.717, 1.165) is 63.1 Å². The van der Waals surface area contributed by atoms with Crippen LogP contribution in [0.15, 0.2) is 56.7 Å². The molecule has 94 heavy (non-hydrogen) atoms. The number of hydrogen-bond donors (Lipinski definition) is 7. The summed E-state index contributed by atoms with van der Waals surface area (Å²) in [6.45, 7) is 2.05. The summed E-state index contributed by atoms with van der Waals surface area (Å²) in [6.07, 6.45) is 33.3. The fourth-order valence-electron chi connectivity index (χ4n) is 10.8. The summed E-state index contributed by atoms with van der Waals surface area (Å²) >= 11 is 5.40. The standard InChI is InChI=1S/C65H100N5O19PS3.Na/c1-3-5-7-9-11-13-15-17-19-21-23-25-27-29-31-33-56(71)85-46-49(88-57(72)34-32-30-28-26-24-22-20-18-16-14-12-10-8-6-4-2)47-87-90(76,77)86-44-42-69-65(75)84-43-41-68-64(91)70-48-35-36-50(63(73)74)53(45-48)58-51-37-39-54(66)61(92(78,79)80)59(51)89-60-52(58)38-40-55(67)62(60)93(81,82)83;/h35-40,45,49,66H,3-34,41-44,46-47,67H2,1-2H3,(H,69,75)(H,73,74)(H,76,77)(H2,68,70,91)(H,78,79,80)(H,81,82,83);/q;+1/p-1/t49-;/m1./s1. The number of unbranched alkanes of at least 4 members (excludes halogenated alkanes) is 28. The fraction of sp³-hybridized carbons (Fsp3) is 0.631. The molecule has 24 nitrogen and oxygen atoms in total. The third-order valence-corrected chi connectivity index (χ3v) is 18.7. The number of alkyl carbamates (subject to hydrolysis) is 1. The fourth-order valence-corrected chi connectivity index (χ4v) is 13.2. The number of esters is 2. The Morgan fingerprint density at radius 1 is 0.649 bits per heavy atom. The first kappa shape index (κ1) is 83.5. The summed E-state index contributed by atoms with van der Waals surface area (Å²) in [6, 6.07) is 8.35. The zero-order valence-electron chi connectivity index (χ0n) is 55.2. The number of phosphoric ester groups is 1. The molecule has 0 radical (unpaired) electrons. The van der Waals surface area contributed by atoms with E-state index < -0.39 is 116 Å². The van der Waals surface area contributed by atoms with Crippen molar-refractivity contribution in [3.63, 3.8) is 0 Å². The summed E-state index contributed by atoms with van der Waals surface area (Å²) in [4.78, 5) is 61.6. The summed E-state index contributed by atoms with van der Waals surface area (Å²) in [5.41, 5.74) is 3.74. The number of thiocarbonyl (C=S) groups is 1. The zero-order valence-corrected chi connectivity index (χ0v) is 60.5. The Hall–Kier alpha value is -4.77. The minimum atomic E-state index is -5.45. The van der Waals surface area contributed by atoms with Crippen LogP contribution in [0, 0.1) is 0 Å². The molecule has 9 N–H and O–H groups in total. The van der Waals surface area contributed by atoms with Crippen molar-refractivity contribution in [1.82, 2.24) is 10.6 Å². The minimum absolute atomic E-state index is 0. The number of ether oxygens (including phenoxy) is 3. The summed E-state index contributed by atoms with van der Waals surface area (Å²) in [7, 11) is -15.7. The molecular formula is C65H99N5NaO19PS3. The van der Waals surface area contributed by atoms with E-state index in [1.54, 1.807) is 0 Å². The summed E-state index contributed by atoms with van der Waals surface area (Å²) in [5, 5.41) is 23.4. The summed E-state index contributed by atoms with van der Waals surface area (Å²) < 4.78 is 118. The van der Waals surface area contributed by atoms with Gasteiger partial charge in [0.2, 0.25) is 10.3 Å². The van der Waals surface area contributed by atoms with E-state index in [-0.39, 0.29) is 95.0 Å². The van der Waals surface area contributed by atoms with E-state index in [9.17, 15) is 59.7 Å². The first-order valence-corrected chi connectivity index (χ1v) is 37.8. The second-order valence-electron chi connectivity index (χ2n) is 23.4. The quantitative estimate of drug-likeness (QED) is 0.00250. The number of nitrogens with one attached hydrogen (secondary N) is 3. The Labute approximate surface area is 582 Å². The Bertz CT molecular complexity index is 3300. The molecule has 4 rings (SSSR count). The number of amides is 1. The van der Waals surface area contributed by atoms with Crippen molar-refractivity contribution >= 4 is 91.7 Å². The van der Waals surface area contributed by atoms with Crippen molar-refractivity contribution in [3.8, 4) is 22.5 Å². The van der Waals surface area contributed by atoms with Gasteiger partial charge in [-0.1, -0.05) is 194 Å². The third kappa shape index (κ3) is 32.1. The van der Waals surface area contributed by atoms with Gasteiger partial charge in [-0.05, 0) is 67.0 Å². The van der Waals surface area contributed by atoms with E-state index in [1.807, 2.05) is 0 Å². The van der Waals surface area contributed by atoms with Crippen LogP contribution in [-0.4, -0.2) is 106 Å². The molecule has 522 valence electrons. The van der Waals surface area contributed by atoms with Gasteiger partial charge in [-0.3, -0.25) is 24.1 Å². The second kappa shape index (κ2) is 45.7. The number of carboxylic acids is 1. The van der Waals surface area contributed by atoms with Gasteiger partial charge < -0.3 is 63.9 Å². The Morgan fingerprint density at radius 2 is 1.15 bits per heavy atom. The first-order valence-electron chi connectivity index (χ1n) is 33.1. The van der Waals surface area contributed by atoms with Crippen LogP contribution in [0.4, 0.5) is 16.2 Å². The first-order chi connectivity index (χ1) is 44.5. The Balaban J connectivity index is 0.0000230. The molecule has 0 saturated carbocycles. The molecule has 1 heterocycles. The van der Waals surface area contributed by atoms with Gasteiger partial charge in [-0.25, -0.2) is 18.0 Å². The van der Waals surface area contributed by atoms with E-state index in [0.29, 0.717) is 12.8 Å². The van der Waals surface area contributed by atoms with Gasteiger partial charge in [0.1, 0.15) is 28.2 Å². The SMILES string of the molecule is CCCCCCCCCCCCCCCCCC(=O)OC[C@H](COP(=O)([O-])OCCNC(=O)OCCNC(=S)Nc1ccc(C(=O)O)c(-c2c3ccc(=[NH2+])c(S(=O)(=O)O)c-3oc3c(S(=O)(=O)[O-])c(N)ccc23)c1)OC(=O)CCCCCCCCCCCCCCCCC.[Na+]. The summed E-state index contributed by atoms with van der Waals surface area (Å²) in [5.74, 6) is -3.30. The number of phosphoric acid groups is 1. The molecule has 0 bridgehead atoms. The van der Waals surface area contributed by atoms with Crippen LogP contribution in [-0.2, 0) is 57.6 Å². The third-order valence-electron chi connectivity index (χ3n) is 15.7. The van der Waals surface area contributed by atoms with Gasteiger partial charge in [0, 0.05) is 47.7 Å². The van der Waals surface area contributed by atoms with Gasteiger partial charge >= 0.3 is 63.7 Å². The molecule has 2 aromatic carbocycles. The van der Waals surface area contributed by atoms with Gasteiger partial charge in [-0.2, -0.15) is 8.42 Å². The molecule has 1 aliphatic heterocycles. The molecular weight excluding hydrogens is 1300 g/mol. The van der Waals surface area contributed by atoms with Gasteiger partial charge in [0.15, 0.2) is 22.6 Å². The van der Waals surface area contributed by atoms with Crippen molar-refractivity contribution in [2.24, 2.45) is 0 Å². The van der Waals surface area contributed by atoms with Crippen LogP contribution in [0.25, 0.3) is 33.4 Å². The largest absolute Gasteiger partial charge is 1.00 e. The van der Waals surface area contributed by atoms with Crippen molar-refractivity contribution in [3.05, 3.63) is 53.4 Å². The predicted octanol–water partition coefficient (Wildman–Crippen LogP) is 8.79. The molecule has 1 aliphatic carbocycles. The molecule has 1 amide bonds. The van der Waals surface area contributed by atoms with Crippen LogP contribution in [0.2, 0.25) is 0 Å². The normalized spacial score (nSPS) is 12.6. The number of fused-ring (bicyclic) bond motifs is 2. The van der Waals surface area contributed by atoms with Gasteiger partial charge in [0.05, 0.1) is 31.0 Å². The number of benzene rings is 3. The van der Waals surface area contributed by atoms with Crippen LogP contribution < -0.4 is 66.9 Å².